The Labute approximate surface area is 251 Å². The first kappa shape index (κ1) is 38.8. The molecular formula is C37H78Sn. The van der Waals surface area contributed by atoms with Gasteiger partial charge in [0.15, 0.2) is 0 Å². The van der Waals surface area contributed by atoms with Gasteiger partial charge in [0.05, 0.1) is 0 Å². The van der Waals surface area contributed by atoms with E-state index in [4.69, 9.17) is 0 Å². The first-order valence-corrected chi connectivity index (χ1v) is 26.8. The summed E-state index contributed by atoms with van der Waals surface area (Å²) < 4.78 is 3.39. The van der Waals surface area contributed by atoms with Crippen molar-refractivity contribution in [2.24, 2.45) is 0 Å². The summed E-state index contributed by atoms with van der Waals surface area (Å²) in [7, 11) is 0. The van der Waals surface area contributed by atoms with Crippen molar-refractivity contribution in [3.05, 3.63) is 0 Å². The summed E-state index contributed by atoms with van der Waals surface area (Å²) in [5.74, 6) is 0. The molecule has 0 aromatic heterocycles. The monoisotopic (exact) mass is 643 g/mol. The van der Waals surface area contributed by atoms with Crippen molar-refractivity contribution in [1.82, 2.24) is 0 Å². The maximum absolute atomic E-state index is 2.72. The van der Waals surface area contributed by atoms with E-state index in [1.807, 2.05) is 0 Å². The fourth-order valence-corrected chi connectivity index (χ4v) is 12.7. The Bertz CT molecular complexity index is 356. The van der Waals surface area contributed by atoms with Crippen LogP contribution in [-0.2, 0) is 0 Å². The zero-order valence-corrected chi connectivity index (χ0v) is 30.9. The number of rotatable bonds is 34. The molecule has 0 N–H and O–H groups in total. The van der Waals surface area contributed by atoms with Gasteiger partial charge in [0, 0.05) is 0 Å². The molecule has 0 amide bonds. The van der Waals surface area contributed by atoms with Gasteiger partial charge in [-0.05, 0) is 0 Å². The van der Waals surface area contributed by atoms with Crippen LogP contribution in [0.5, 0.6) is 0 Å². The summed E-state index contributed by atoms with van der Waals surface area (Å²) in [5, 5.41) is 0. The second-order valence-corrected chi connectivity index (χ2v) is 22.9. The van der Waals surface area contributed by atoms with Gasteiger partial charge in [0.1, 0.15) is 0 Å². The van der Waals surface area contributed by atoms with Gasteiger partial charge in [-0.25, -0.2) is 0 Å². The molecular weight excluding hydrogens is 563 g/mol. The number of hydrogen-bond donors (Lipinski definition) is 0. The minimum absolute atomic E-state index is 1.08. The van der Waals surface area contributed by atoms with E-state index in [2.05, 4.69) is 18.8 Å². The zero-order valence-electron chi connectivity index (χ0n) is 27.6. The number of hydrogen-bond acceptors (Lipinski definition) is 0. The molecule has 38 heavy (non-hydrogen) atoms. The second-order valence-electron chi connectivity index (χ2n) is 13.3. The zero-order chi connectivity index (χ0) is 27.6. The molecule has 0 rings (SSSR count). The van der Waals surface area contributed by atoms with Crippen molar-refractivity contribution in [3.63, 3.8) is 0 Å². The average Bonchev–Trinajstić information content (AvgIpc) is 2.92. The minimum atomic E-state index is -1.08. The van der Waals surface area contributed by atoms with E-state index in [0.717, 1.165) is 0 Å². The van der Waals surface area contributed by atoms with E-state index < -0.39 is 19.8 Å². The van der Waals surface area contributed by atoms with E-state index in [-0.39, 0.29) is 0 Å². The van der Waals surface area contributed by atoms with E-state index >= 15 is 0 Å². The molecule has 0 nitrogen and oxygen atoms in total. The Balaban J connectivity index is 3.13. The van der Waals surface area contributed by atoms with Crippen LogP contribution in [-0.4, -0.2) is 19.8 Å². The third kappa shape index (κ3) is 34.8. The Morgan fingerprint density at radius 2 is 0.395 bits per heavy atom. The van der Waals surface area contributed by atoms with Crippen LogP contribution in [0, 0.1) is 0 Å². The predicted molar refractivity (Wildman–Crippen MR) is 182 cm³/mol. The van der Waals surface area contributed by atoms with Crippen LogP contribution in [0.2, 0.25) is 13.8 Å². The summed E-state index contributed by atoms with van der Waals surface area (Å²) in [6, 6.07) is 0. The van der Waals surface area contributed by atoms with E-state index in [0.29, 0.717) is 0 Å². The van der Waals surface area contributed by atoms with Crippen molar-refractivity contribution in [1.29, 1.82) is 0 Å². The SMILES string of the molecule is CCCCCCCCCCCCCCCCC[CH2][SnH]([CH3])[CH2]CCCCCCCCCCCCCCCCC. The van der Waals surface area contributed by atoms with Gasteiger partial charge in [0.2, 0.25) is 0 Å². The topological polar surface area (TPSA) is 0 Å². The molecule has 0 saturated heterocycles. The molecule has 0 saturated carbocycles. The van der Waals surface area contributed by atoms with Gasteiger partial charge in [-0.3, -0.25) is 0 Å². The van der Waals surface area contributed by atoms with Crippen molar-refractivity contribution >= 4 is 19.8 Å². The van der Waals surface area contributed by atoms with Gasteiger partial charge < -0.3 is 0 Å². The van der Waals surface area contributed by atoms with Gasteiger partial charge in [-0.15, -0.1) is 0 Å². The average molecular weight is 642 g/mol. The molecule has 0 atom stereocenters. The fourth-order valence-electron chi connectivity index (χ4n) is 6.23. The van der Waals surface area contributed by atoms with Crippen molar-refractivity contribution in [2.75, 3.05) is 0 Å². The minimum Gasteiger partial charge on any atom is -0.0654 e. The van der Waals surface area contributed by atoms with Gasteiger partial charge in [-0.2, -0.15) is 0 Å². The molecule has 230 valence electrons. The van der Waals surface area contributed by atoms with Crippen LogP contribution in [0.25, 0.3) is 0 Å². The predicted octanol–water partition coefficient (Wildman–Crippen LogP) is 14.4. The van der Waals surface area contributed by atoms with E-state index in [1.54, 1.807) is 21.7 Å². The Hall–Kier alpha value is 0.799. The van der Waals surface area contributed by atoms with Gasteiger partial charge in [-0.1, -0.05) is 78.1 Å². The van der Waals surface area contributed by atoms with Crippen LogP contribution >= 0.6 is 0 Å². The van der Waals surface area contributed by atoms with Crippen molar-refractivity contribution < 1.29 is 0 Å². The maximum atomic E-state index is 2.72. The molecule has 0 aliphatic heterocycles. The van der Waals surface area contributed by atoms with Gasteiger partial charge in [0.25, 0.3) is 0 Å². The summed E-state index contributed by atoms with van der Waals surface area (Å²) in [5.41, 5.74) is 0. The third-order valence-electron chi connectivity index (χ3n) is 9.10. The molecule has 0 radical (unpaired) electrons. The van der Waals surface area contributed by atoms with E-state index in [9.17, 15) is 0 Å². The van der Waals surface area contributed by atoms with E-state index in [1.165, 1.54) is 193 Å². The summed E-state index contributed by atoms with van der Waals surface area (Å²) in [6.07, 6.45) is 47.8. The quantitative estimate of drug-likeness (QED) is 0.0484. The Morgan fingerprint density at radius 3 is 0.579 bits per heavy atom. The number of unbranched alkanes of at least 4 members (excludes halogenated alkanes) is 30. The van der Waals surface area contributed by atoms with Crippen molar-refractivity contribution in [3.8, 4) is 0 Å². The standard InChI is InChI=1S/2C18H37.CH3.Sn.H/c2*1-3-5-7-9-11-13-15-17-18-16-14-12-10-8-6-4-2;;;/h2*1,3-18H2,2H3;1H3;;. The summed E-state index contributed by atoms with van der Waals surface area (Å²) >= 11 is -1.08. The molecule has 0 aromatic rings. The third-order valence-corrected chi connectivity index (χ3v) is 17.1. The first-order valence-electron chi connectivity index (χ1n) is 18.8. The molecule has 0 heterocycles. The normalized spacial score (nSPS) is 11.7. The van der Waals surface area contributed by atoms with Crippen LogP contribution < -0.4 is 0 Å². The molecule has 0 fully saturated rings. The Kier molecular flexibility index (Phi) is 36.6. The smallest absolute Gasteiger partial charge is 0.0654 e. The fraction of sp³-hybridized carbons (Fsp3) is 1.00. The Morgan fingerprint density at radius 1 is 0.237 bits per heavy atom. The van der Waals surface area contributed by atoms with Crippen LogP contribution in [0.3, 0.4) is 0 Å². The molecule has 0 aromatic carbocycles. The molecule has 0 unspecified atom stereocenters. The summed E-state index contributed by atoms with van der Waals surface area (Å²) in [6.45, 7) is 4.62. The molecule has 0 spiro atoms. The van der Waals surface area contributed by atoms with Crippen LogP contribution in [0.4, 0.5) is 0 Å². The van der Waals surface area contributed by atoms with Crippen molar-refractivity contribution in [2.45, 2.75) is 233 Å². The second kappa shape index (κ2) is 35.8. The van der Waals surface area contributed by atoms with Crippen LogP contribution in [0.15, 0.2) is 0 Å². The molecule has 0 aliphatic rings. The van der Waals surface area contributed by atoms with Crippen LogP contribution in [0.1, 0.15) is 219 Å². The summed E-state index contributed by atoms with van der Waals surface area (Å²) in [4.78, 5) is 2.72. The molecule has 0 aliphatic carbocycles. The molecule has 1 heteroatoms. The molecule has 0 bridgehead atoms. The first-order chi connectivity index (χ1) is 18.8. The van der Waals surface area contributed by atoms with Gasteiger partial charge >= 0.3 is 175 Å².